The van der Waals surface area contributed by atoms with Crippen molar-refractivity contribution in [1.29, 1.82) is 0 Å². The summed E-state index contributed by atoms with van der Waals surface area (Å²) in [7, 11) is 0. The van der Waals surface area contributed by atoms with Crippen molar-refractivity contribution in [2.75, 3.05) is 0 Å². The predicted octanol–water partition coefficient (Wildman–Crippen LogP) is 2.60. The van der Waals surface area contributed by atoms with E-state index < -0.39 is 11.1 Å². The SMILES string of the molecule is C#Cc1cc(CO[N+](=O)[O-])ccc1C(=O)Oc1ccccc1. The Labute approximate surface area is 126 Å². The van der Waals surface area contributed by atoms with Crippen LogP contribution in [0.1, 0.15) is 21.5 Å². The molecule has 0 fully saturated rings. The van der Waals surface area contributed by atoms with E-state index >= 15 is 0 Å². The average Bonchev–Trinajstić information content (AvgIpc) is 2.53. The fraction of sp³-hybridized carbons (Fsp3) is 0.0625. The van der Waals surface area contributed by atoms with Gasteiger partial charge in [-0.15, -0.1) is 16.5 Å². The maximum atomic E-state index is 12.1. The van der Waals surface area contributed by atoms with E-state index in [1.165, 1.54) is 18.2 Å². The van der Waals surface area contributed by atoms with Crippen molar-refractivity contribution >= 4 is 5.97 Å². The summed E-state index contributed by atoms with van der Waals surface area (Å²) >= 11 is 0. The number of ether oxygens (including phenoxy) is 1. The van der Waals surface area contributed by atoms with Crippen molar-refractivity contribution in [2.45, 2.75) is 6.61 Å². The fourth-order valence-corrected chi connectivity index (χ4v) is 1.76. The fourth-order valence-electron chi connectivity index (χ4n) is 1.76. The average molecular weight is 297 g/mol. The van der Waals surface area contributed by atoms with Gasteiger partial charge in [-0.2, -0.15) is 0 Å². The highest BCUT2D eigenvalue weighted by molar-refractivity contribution is 5.93. The number of para-hydroxylation sites is 1. The third-order valence-corrected chi connectivity index (χ3v) is 2.75. The Morgan fingerprint density at radius 2 is 1.95 bits per heavy atom. The molecule has 0 heterocycles. The van der Waals surface area contributed by atoms with E-state index in [1.807, 2.05) is 0 Å². The van der Waals surface area contributed by atoms with Gasteiger partial charge in [0, 0.05) is 5.56 Å². The van der Waals surface area contributed by atoms with E-state index in [9.17, 15) is 14.9 Å². The topological polar surface area (TPSA) is 78.7 Å². The Morgan fingerprint density at radius 3 is 2.59 bits per heavy atom. The van der Waals surface area contributed by atoms with Crippen LogP contribution in [0, 0.1) is 22.5 Å². The lowest BCUT2D eigenvalue weighted by molar-refractivity contribution is -0.763. The summed E-state index contributed by atoms with van der Waals surface area (Å²) in [5.41, 5.74) is 0.975. The van der Waals surface area contributed by atoms with Gasteiger partial charge in [0.1, 0.15) is 12.4 Å². The molecule has 2 aromatic rings. The van der Waals surface area contributed by atoms with E-state index in [4.69, 9.17) is 11.2 Å². The molecular weight excluding hydrogens is 286 g/mol. The number of rotatable bonds is 5. The molecule has 0 atom stereocenters. The monoisotopic (exact) mass is 297 g/mol. The van der Waals surface area contributed by atoms with E-state index in [1.54, 1.807) is 30.3 Å². The second kappa shape index (κ2) is 6.90. The maximum Gasteiger partial charge on any atom is 0.344 e. The highest BCUT2D eigenvalue weighted by Gasteiger charge is 2.13. The largest absolute Gasteiger partial charge is 0.423 e. The van der Waals surface area contributed by atoms with Crippen LogP contribution < -0.4 is 4.74 Å². The first-order chi connectivity index (χ1) is 10.6. The molecule has 0 saturated carbocycles. The lowest BCUT2D eigenvalue weighted by Gasteiger charge is -2.08. The highest BCUT2D eigenvalue weighted by Crippen LogP contribution is 2.16. The number of benzene rings is 2. The minimum absolute atomic E-state index is 0.205. The third kappa shape index (κ3) is 3.84. The molecule has 0 radical (unpaired) electrons. The van der Waals surface area contributed by atoms with Crippen LogP contribution in [0.5, 0.6) is 5.75 Å². The smallest absolute Gasteiger partial charge is 0.344 e. The number of hydrogen-bond acceptors (Lipinski definition) is 5. The molecule has 0 aliphatic rings. The molecular formula is C16H11NO5. The molecule has 6 heteroatoms. The molecule has 0 aliphatic heterocycles. The quantitative estimate of drug-likeness (QED) is 0.279. The van der Waals surface area contributed by atoms with Crippen molar-refractivity contribution < 1.29 is 19.5 Å². The van der Waals surface area contributed by atoms with Gasteiger partial charge in [-0.3, -0.25) is 0 Å². The van der Waals surface area contributed by atoms with E-state index in [0.29, 0.717) is 11.3 Å². The van der Waals surface area contributed by atoms with Crippen molar-refractivity contribution in [3.8, 4) is 18.1 Å². The normalized spacial score (nSPS) is 9.59. The van der Waals surface area contributed by atoms with E-state index in [-0.39, 0.29) is 17.7 Å². The standard InChI is InChI=1S/C16H11NO5/c1-2-13-10-12(11-21-17(19)20)8-9-15(13)16(18)22-14-6-4-3-5-7-14/h1,3-10H,11H2. The van der Waals surface area contributed by atoms with Gasteiger partial charge >= 0.3 is 5.97 Å². The first kappa shape index (κ1) is 15.1. The second-order valence-electron chi connectivity index (χ2n) is 4.22. The summed E-state index contributed by atoms with van der Waals surface area (Å²) in [4.78, 5) is 26.5. The minimum Gasteiger partial charge on any atom is -0.423 e. The van der Waals surface area contributed by atoms with Crippen molar-refractivity contribution in [1.82, 2.24) is 0 Å². The van der Waals surface area contributed by atoms with Crippen LogP contribution in [-0.2, 0) is 11.4 Å². The van der Waals surface area contributed by atoms with Crippen molar-refractivity contribution in [2.24, 2.45) is 0 Å². The first-order valence-electron chi connectivity index (χ1n) is 6.24. The van der Waals surface area contributed by atoms with Crippen LogP contribution in [0.25, 0.3) is 0 Å². The zero-order chi connectivity index (χ0) is 15.9. The van der Waals surface area contributed by atoms with Gasteiger partial charge in [0.2, 0.25) is 0 Å². The molecule has 0 aromatic heterocycles. The van der Waals surface area contributed by atoms with Gasteiger partial charge in [0.25, 0.3) is 5.09 Å². The Balaban J connectivity index is 2.18. The number of carbonyl (C=O) groups excluding carboxylic acids is 1. The van der Waals surface area contributed by atoms with E-state index in [0.717, 1.165) is 0 Å². The summed E-state index contributed by atoms with van der Waals surface area (Å²) in [6.07, 6.45) is 5.37. The van der Waals surface area contributed by atoms with Crippen LogP contribution >= 0.6 is 0 Å². The summed E-state index contributed by atoms with van der Waals surface area (Å²) in [6, 6.07) is 13.0. The summed E-state index contributed by atoms with van der Waals surface area (Å²) in [5.74, 6) is 2.17. The molecule has 2 rings (SSSR count). The number of carbonyl (C=O) groups is 1. The Hall–Kier alpha value is -3.33. The number of nitrogens with zero attached hydrogens (tertiary/aromatic N) is 1. The predicted molar refractivity (Wildman–Crippen MR) is 77.6 cm³/mol. The molecule has 2 aromatic carbocycles. The van der Waals surface area contributed by atoms with Crippen molar-refractivity contribution in [3.05, 3.63) is 75.3 Å². The van der Waals surface area contributed by atoms with Crippen LogP contribution in [0.4, 0.5) is 0 Å². The molecule has 0 aliphatic carbocycles. The van der Waals surface area contributed by atoms with Gasteiger partial charge in [0.15, 0.2) is 0 Å². The Bertz CT molecular complexity index is 734. The van der Waals surface area contributed by atoms with Gasteiger partial charge in [-0.25, -0.2) is 4.79 Å². The molecule has 0 saturated heterocycles. The molecule has 0 unspecified atom stereocenters. The number of hydrogen-bond donors (Lipinski definition) is 0. The lowest BCUT2D eigenvalue weighted by Crippen LogP contribution is -2.11. The summed E-state index contributed by atoms with van der Waals surface area (Å²) in [6.45, 7) is -0.240. The zero-order valence-corrected chi connectivity index (χ0v) is 11.4. The minimum atomic E-state index is -0.896. The van der Waals surface area contributed by atoms with Gasteiger partial charge in [-0.1, -0.05) is 30.2 Å². The molecule has 0 spiro atoms. The maximum absolute atomic E-state index is 12.1. The van der Waals surface area contributed by atoms with Crippen LogP contribution in [0.15, 0.2) is 48.5 Å². The highest BCUT2D eigenvalue weighted by atomic mass is 16.9. The molecule has 22 heavy (non-hydrogen) atoms. The molecule has 6 nitrogen and oxygen atoms in total. The molecule has 0 amide bonds. The molecule has 110 valence electrons. The lowest BCUT2D eigenvalue weighted by atomic mass is 10.0. The van der Waals surface area contributed by atoms with Gasteiger partial charge in [0.05, 0.1) is 5.56 Å². The van der Waals surface area contributed by atoms with Gasteiger partial charge < -0.3 is 9.57 Å². The van der Waals surface area contributed by atoms with Crippen LogP contribution in [-0.4, -0.2) is 11.1 Å². The molecule has 0 bridgehead atoms. The summed E-state index contributed by atoms with van der Waals surface area (Å²) < 4.78 is 5.21. The van der Waals surface area contributed by atoms with Crippen molar-refractivity contribution in [3.63, 3.8) is 0 Å². The zero-order valence-electron chi connectivity index (χ0n) is 11.4. The number of esters is 1. The van der Waals surface area contributed by atoms with Crippen LogP contribution in [0.3, 0.4) is 0 Å². The summed E-state index contributed by atoms with van der Waals surface area (Å²) in [5, 5.41) is 9.28. The van der Waals surface area contributed by atoms with Gasteiger partial charge in [-0.05, 0) is 29.8 Å². The second-order valence-corrected chi connectivity index (χ2v) is 4.22. The van der Waals surface area contributed by atoms with Crippen LogP contribution in [0.2, 0.25) is 0 Å². The third-order valence-electron chi connectivity index (χ3n) is 2.75. The molecule has 0 N–H and O–H groups in total. The Kier molecular flexibility index (Phi) is 4.73. The Morgan fingerprint density at radius 1 is 1.23 bits per heavy atom. The van der Waals surface area contributed by atoms with E-state index in [2.05, 4.69) is 10.8 Å². The first-order valence-corrected chi connectivity index (χ1v) is 6.24. The number of terminal acetylenes is 1.